The Bertz CT molecular complexity index is 382. The summed E-state index contributed by atoms with van der Waals surface area (Å²) in [6, 6.07) is 7.12. The third-order valence-corrected chi connectivity index (χ3v) is 2.73. The molecule has 15 heavy (non-hydrogen) atoms. The Balaban J connectivity index is 2.38. The molecule has 0 unspecified atom stereocenters. The monoisotopic (exact) mass is 208 g/mol. The Hall–Kier alpha value is -1.55. The first kappa shape index (κ1) is 9.98. The fraction of sp³-hybridized carbons (Fsp3) is 0.364. The number of methoxy groups -OCH3 is 1. The molecule has 0 radical (unpaired) electrons. The lowest BCUT2D eigenvalue weighted by Crippen LogP contribution is -2.53. The predicted molar refractivity (Wildman–Crippen MR) is 53.1 cm³/mol. The van der Waals surface area contributed by atoms with E-state index in [0.29, 0.717) is 5.75 Å². The van der Waals surface area contributed by atoms with Crippen LogP contribution in [0.5, 0.6) is 5.75 Å². The first-order chi connectivity index (χ1) is 7.19. The minimum Gasteiger partial charge on any atom is -0.497 e. The van der Waals surface area contributed by atoms with Crippen molar-refractivity contribution in [3.05, 3.63) is 29.8 Å². The number of benzene rings is 1. The molecule has 0 amide bonds. The molecule has 1 fully saturated rings. The van der Waals surface area contributed by atoms with E-state index in [1.807, 2.05) is 0 Å². The van der Waals surface area contributed by atoms with Crippen LogP contribution in [-0.2, 0) is 14.9 Å². The SMILES string of the molecule is COc1cccc(C2(C(=O)O)COC2)c1. The van der Waals surface area contributed by atoms with Crippen molar-refractivity contribution in [1.29, 1.82) is 0 Å². The van der Waals surface area contributed by atoms with E-state index in [4.69, 9.17) is 9.47 Å². The van der Waals surface area contributed by atoms with Crippen molar-refractivity contribution in [1.82, 2.24) is 0 Å². The third-order valence-electron chi connectivity index (χ3n) is 2.73. The Morgan fingerprint density at radius 1 is 1.53 bits per heavy atom. The van der Waals surface area contributed by atoms with Crippen molar-refractivity contribution in [3.63, 3.8) is 0 Å². The van der Waals surface area contributed by atoms with Gasteiger partial charge in [-0.3, -0.25) is 4.79 Å². The van der Waals surface area contributed by atoms with Crippen LogP contribution in [0.1, 0.15) is 5.56 Å². The van der Waals surface area contributed by atoms with Crippen LogP contribution in [0.3, 0.4) is 0 Å². The number of hydrogen-bond donors (Lipinski definition) is 1. The van der Waals surface area contributed by atoms with Crippen LogP contribution in [0.4, 0.5) is 0 Å². The normalized spacial score (nSPS) is 17.9. The van der Waals surface area contributed by atoms with Crippen molar-refractivity contribution in [2.45, 2.75) is 5.41 Å². The summed E-state index contributed by atoms with van der Waals surface area (Å²) in [6.45, 7) is 0.463. The molecule has 1 saturated heterocycles. The molecule has 0 atom stereocenters. The number of rotatable bonds is 3. The molecule has 0 aromatic heterocycles. The maximum atomic E-state index is 11.2. The number of carbonyl (C=O) groups is 1. The second-order valence-electron chi connectivity index (χ2n) is 3.61. The van der Waals surface area contributed by atoms with E-state index in [1.54, 1.807) is 31.4 Å². The highest BCUT2D eigenvalue weighted by Crippen LogP contribution is 2.34. The van der Waals surface area contributed by atoms with Crippen LogP contribution in [-0.4, -0.2) is 31.4 Å². The molecule has 2 rings (SSSR count). The van der Waals surface area contributed by atoms with Gasteiger partial charge >= 0.3 is 5.97 Å². The quantitative estimate of drug-likeness (QED) is 0.806. The summed E-state index contributed by atoms with van der Waals surface area (Å²) in [5.74, 6) is -0.179. The Morgan fingerprint density at radius 2 is 2.27 bits per heavy atom. The molecule has 1 aromatic carbocycles. The van der Waals surface area contributed by atoms with Gasteiger partial charge < -0.3 is 14.6 Å². The maximum absolute atomic E-state index is 11.2. The highest BCUT2D eigenvalue weighted by atomic mass is 16.5. The third kappa shape index (κ3) is 1.47. The van der Waals surface area contributed by atoms with Gasteiger partial charge in [-0.15, -0.1) is 0 Å². The van der Waals surface area contributed by atoms with Crippen molar-refractivity contribution < 1.29 is 19.4 Å². The Labute approximate surface area is 87.4 Å². The van der Waals surface area contributed by atoms with Crippen LogP contribution < -0.4 is 4.74 Å². The molecular weight excluding hydrogens is 196 g/mol. The van der Waals surface area contributed by atoms with Crippen LogP contribution in [0.15, 0.2) is 24.3 Å². The highest BCUT2D eigenvalue weighted by Gasteiger charge is 2.47. The molecule has 0 bridgehead atoms. The standard InChI is InChI=1S/C11H12O4/c1-14-9-4-2-3-8(5-9)11(10(12)13)6-15-7-11/h2-5H,6-7H2,1H3,(H,12,13). The molecule has 1 heterocycles. The zero-order valence-electron chi connectivity index (χ0n) is 8.40. The van der Waals surface area contributed by atoms with Gasteiger partial charge in [-0.1, -0.05) is 12.1 Å². The summed E-state index contributed by atoms with van der Waals surface area (Å²) < 4.78 is 10.1. The molecule has 1 aliphatic rings. The van der Waals surface area contributed by atoms with E-state index < -0.39 is 11.4 Å². The van der Waals surface area contributed by atoms with E-state index in [-0.39, 0.29) is 13.2 Å². The summed E-state index contributed by atoms with van der Waals surface area (Å²) in [5.41, 5.74) is -0.144. The van der Waals surface area contributed by atoms with Gasteiger partial charge in [0.05, 0.1) is 20.3 Å². The zero-order chi connectivity index (χ0) is 10.9. The predicted octanol–water partition coefficient (Wildman–Crippen LogP) is 1.05. The molecule has 1 N–H and O–H groups in total. The van der Waals surface area contributed by atoms with Gasteiger partial charge in [-0.05, 0) is 17.7 Å². The fourth-order valence-electron chi connectivity index (χ4n) is 1.64. The van der Waals surface area contributed by atoms with E-state index in [9.17, 15) is 9.90 Å². The smallest absolute Gasteiger partial charge is 0.318 e. The van der Waals surface area contributed by atoms with Crippen molar-refractivity contribution >= 4 is 5.97 Å². The van der Waals surface area contributed by atoms with Gasteiger partial charge in [0.25, 0.3) is 0 Å². The molecular formula is C11H12O4. The van der Waals surface area contributed by atoms with Crippen molar-refractivity contribution in [3.8, 4) is 5.75 Å². The van der Waals surface area contributed by atoms with E-state index in [0.717, 1.165) is 5.56 Å². The summed E-state index contributed by atoms with van der Waals surface area (Å²) >= 11 is 0. The topological polar surface area (TPSA) is 55.8 Å². The van der Waals surface area contributed by atoms with Crippen LogP contribution in [0, 0.1) is 0 Å². The number of ether oxygens (including phenoxy) is 2. The van der Waals surface area contributed by atoms with Gasteiger partial charge in [0, 0.05) is 0 Å². The Kier molecular flexibility index (Phi) is 2.36. The van der Waals surface area contributed by atoms with Gasteiger partial charge in [-0.2, -0.15) is 0 Å². The van der Waals surface area contributed by atoms with Crippen LogP contribution in [0.25, 0.3) is 0 Å². The Morgan fingerprint density at radius 3 is 2.73 bits per heavy atom. The first-order valence-electron chi connectivity index (χ1n) is 4.65. The summed E-state index contributed by atoms with van der Waals surface area (Å²) in [7, 11) is 1.56. The first-order valence-corrected chi connectivity index (χ1v) is 4.65. The molecule has 1 aromatic rings. The van der Waals surface area contributed by atoms with Gasteiger partial charge in [-0.25, -0.2) is 0 Å². The van der Waals surface area contributed by atoms with Gasteiger partial charge in [0.15, 0.2) is 0 Å². The number of carboxylic acids is 1. The summed E-state index contributed by atoms with van der Waals surface area (Å²) in [6.07, 6.45) is 0. The molecule has 1 aliphatic heterocycles. The second kappa shape index (κ2) is 3.55. The van der Waals surface area contributed by atoms with E-state index in [1.165, 1.54) is 0 Å². The minimum atomic E-state index is -0.880. The summed E-state index contributed by atoms with van der Waals surface area (Å²) in [5, 5.41) is 9.18. The van der Waals surface area contributed by atoms with E-state index in [2.05, 4.69) is 0 Å². The molecule has 80 valence electrons. The van der Waals surface area contributed by atoms with Crippen molar-refractivity contribution in [2.75, 3.05) is 20.3 Å². The number of aliphatic carboxylic acids is 1. The molecule has 0 spiro atoms. The van der Waals surface area contributed by atoms with Gasteiger partial charge in [0.2, 0.25) is 0 Å². The molecule has 4 nitrogen and oxygen atoms in total. The van der Waals surface area contributed by atoms with Crippen molar-refractivity contribution in [2.24, 2.45) is 0 Å². The fourth-order valence-corrected chi connectivity index (χ4v) is 1.64. The highest BCUT2D eigenvalue weighted by molar-refractivity contribution is 5.83. The average Bonchev–Trinajstić information content (AvgIpc) is 2.16. The maximum Gasteiger partial charge on any atom is 0.318 e. The number of carboxylic acid groups (broad SMARTS) is 1. The lowest BCUT2D eigenvalue weighted by atomic mass is 9.79. The molecule has 4 heteroatoms. The van der Waals surface area contributed by atoms with Crippen LogP contribution >= 0.6 is 0 Å². The van der Waals surface area contributed by atoms with Gasteiger partial charge in [0.1, 0.15) is 11.2 Å². The second-order valence-corrected chi connectivity index (χ2v) is 3.61. The minimum absolute atomic E-state index is 0.232. The number of hydrogen-bond acceptors (Lipinski definition) is 3. The average molecular weight is 208 g/mol. The summed E-state index contributed by atoms with van der Waals surface area (Å²) in [4.78, 5) is 11.2. The molecule has 0 aliphatic carbocycles. The van der Waals surface area contributed by atoms with E-state index >= 15 is 0 Å². The largest absolute Gasteiger partial charge is 0.497 e. The zero-order valence-corrected chi connectivity index (χ0v) is 8.40. The lowest BCUT2D eigenvalue weighted by molar-refractivity contribution is -0.163. The van der Waals surface area contributed by atoms with Crippen LogP contribution in [0.2, 0.25) is 0 Å². The molecule has 0 saturated carbocycles. The lowest BCUT2D eigenvalue weighted by Gasteiger charge is -2.37.